The Labute approximate surface area is 88.9 Å². The summed E-state index contributed by atoms with van der Waals surface area (Å²) >= 11 is 0. The molecule has 1 aromatic heterocycles. The second kappa shape index (κ2) is 4.79. The van der Waals surface area contributed by atoms with E-state index in [1.807, 2.05) is 6.07 Å². The molecule has 0 spiro atoms. The highest BCUT2D eigenvalue weighted by molar-refractivity contribution is 5.04. The molecule has 0 N–H and O–H groups in total. The predicted molar refractivity (Wildman–Crippen MR) is 48.3 cm³/mol. The zero-order chi connectivity index (χ0) is 12.2. The quantitative estimate of drug-likeness (QED) is 0.742. The van der Waals surface area contributed by atoms with Crippen LogP contribution in [0.4, 0.5) is 13.2 Å². The second-order valence-electron chi connectivity index (χ2n) is 3.04. The van der Waals surface area contributed by atoms with Gasteiger partial charge in [-0.05, 0) is 12.5 Å². The SMILES string of the molecule is N#CCCCn1nc(C(F)(F)F)ccc1=O. The molecule has 16 heavy (non-hydrogen) atoms. The molecule has 0 amide bonds. The van der Waals surface area contributed by atoms with Crippen molar-refractivity contribution in [1.29, 1.82) is 5.26 Å². The molecule has 1 aromatic rings. The molecule has 0 atom stereocenters. The molecule has 4 nitrogen and oxygen atoms in total. The summed E-state index contributed by atoms with van der Waals surface area (Å²) in [7, 11) is 0. The van der Waals surface area contributed by atoms with Crippen molar-refractivity contribution >= 4 is 0 Å². The van der Waals surface area contributed by atoms with Gasteiger partial charge in [0, 0.05) is 19.0 Å². The van der Waals surface area contributed by atoms with E-state index in [0.29, 0.717) is 12.5 Å². The molecular formula is C9H8F3N3O. The van der Waals surface area contributed by atoms with Gasteiger partial charge in [-0.1, -0.05) is 0 Å². The number of unbranched alkanes of at least 4 members (excludes halogenated alkanes) is 1. The van der Waals surface area contributed by atoms with E-state index in [1.54, 1.807) is 0 Å². The lowest BCUT2D eigenvalue weighted by molar-refractivity contribution is -0.142. The molecule has 0 fully saturated rings. The smallest absolute Gasteiger partial charge is 0.268 e. The summed E-state index contributed by atoms with van der Waals surface area (Å²) in [4.78, 5) is 11.1. The third-order valence-corrected chi connectivity index (χ3v) is 1.82. The molecule has 1 rings (SSSR count). The summed E-state index contributed by atoms with van der Waals surface area (Å²) in [5.41, 5.74) is -1.71. The molecular weight excluding hydrogens is 223 g/mol. The Morgan fingerprint density at radius 3 is 2.69 bits per heavy atom. The van der Waals surface area contributed by atoms with Crippen molar-refractivity contribution in [1.82, 2.24) is 9.78 Å². The first-order valence-corrected chi connectivity index (χ1v) is 4.47. The Hall–Kier alpha value is -1.84. The van der Waals surface area contributed by atoms with Gasteiger partial charge in [0.15, 0.2) is 5.69 Å². The molecule has 0 unspecified atom stereocenters. The summed E-state index contributed by atoms with van der Waals surface area (Å²) in [6.45, 7) is 0.0102. The number of hydrogen-bond donors (Lipinski definition) is 0. The fourth-order valence-corrected chi connectivity index (χ4v) is 1.07. The lowest BCUT2D eigenvalue weighted by Crippen LogP contribution is -2.25. The van der Waals surface area contributed by atoms with E-state index in [2.05, 4.69) is 5.10 Å². The normalized spacial score (nSPS) is 11.1. The molecule has 0 radical (unpaired) electrons. The average molecular weight is 231 g/mol. The fourth-order valence-electron chi connectivity index (χ4n) is 1.07. The van der Waals surface area contributed by atoms with E-state index < -0.39 is 17.4 Å². The summed E-state index contributed by atoms with van der Waals surface area (Å²) in [5.74, 6) is 0. The summed E-state index contributed by atoms with van der Waals surface area (Å²) in [6.07, 6.45) is -4.10. The van der Waals surface area contributed by atoms with Gasteiger partial charge < -0.3 is 0 Å². The van der Waals surface area contributed by atoms with E-state index in [1.165, 1.54) is 0 Å². The molecule has 1 heterocycles. The molecule has 0 aromatic carbocycles. The molecule has 0 bridgehead atoms. The number of hydrogen-bond acceptors (Lipinski definition) is 3. The predicted octanol–water partition coefficient (Wildman–Crippen LogP) is 1.57. The van der Waals surface area contributed by atoms with Gasteiger partial charge in [0.05, 0.1) is 6.07 Å². The van der Waals surface area contributed by atoms with Crippen molar-refractivity contribution < 1.29 is 13.2 Å². The molecule has 86 valence electrons. The van der Waals surface area contributed by atoms with E-state index in [9.17, 15) is 18.0 Å². The lowest BCUT2D eigenvalue weighted by Gasteiger charge is -2.08. The minimum atomic E-state index is -4.56. The highest BCUT2D eigenvalue weighted by Gasteiger charge is 2.33. The van der Waals surface area contributed by atoms with Gasteiger partial charge in [0.1, 0.15) is 0 Å². The van der Waals surface area contributed by atoms with Crippen LogP contribution in [-0.2, 0) is 12.7 Å². The third-order valence-electron chi connectivity index (χ3n) is 1.82. The monoisotopic (exact) mass is 231 g/mol. The van der Waals surface area contributed by atoms with Crippen molar-refractivity contribution in [3.63, 3.8) is 0 Å². The van der Waals surface area contributed by atoms with E-state index in [0.717, 1.165) is 10.7 Å². The van der Waals surface area contributed by atoms with Gasteiger partial charge in [-0.25, -0.2) is 4.68 Å². The Morgan fingerprint density at radius 1 is 1.44 bits per heavy atom. The van der Waals surface area contributed by atoms with Crippen molar-refractivity contribution in [3.8, 4) is 6.07 Å². The van der Waals surface area contributed by atoms with Crippen LogP contribution in [0.25, 0.3) is 0 Å². The van der Waals surface area contributed by atoms with Crippen molar-refractivity contribution in [2.75, 3.05) is 0 Å². The van der Waals surface area contributed by atoms with Gasteiger partial charge >= 0.3 is 6.18 Å². The van der Waals surface area contributed by atoms with Gasteiger partial charge in [-0.2, -0.15) is 23.5 Å². The van der Waals surface area contributed by atoms with Gasteiger partial charge in [-0.3, -0.25) is 4.79 Å². The van der Waals surface area contributed by atoms with Crippen molar-refractivity contribution in [3.05, 3.63) is 28.2 Å². The van der Waals surface area contributed by atoms with Crippen LogP contribution in [0.1, 0.15) is 18.5 Å². The second-order valence-corrected chi connectivity index (χ2v) is 3.04. The number of nitriles is 1. The first-order valence-electron chi connectivity index (χ1n) is 4.47. The maximum absolute atomic E-state index is 12.3. The van der Waals surface area contributed by atoms with Crippen molar-refractivity contribution in [2.24, 2.45) is 0 Å². The van der Waals surface area contributed by atoms with Crippen LogP contribution in [0, 0.1) is 11.3 Å². The fraction of sp³-hybridized carbons (Fsp3) is 0.444. The molecule has 0 aliphatic rings. The van der Waals surface area contributed by atoms with Crippen molar-refractivity contribution in [2.45, 2.75) is 25.6 Å². The Kier molecular flexibility index (Phi) is 3.66. The minimum Gasteiger partial charge on any atom is -0.268 e. The Morgan fingerprint density at radius 2 is 2.12 bits per heavy atom. The number of alkyl halides is 3. The van der Waals surface area contributed by atoms with Crippen LogP contribution in [-0.4, -0.2) is 9.78 Å². The van der Waals surface area contributed by atoms with Crippen LogP contribution in [0.5, 0.6) is 0 Å². The molecule has 0 saturated carbocycles. The highest BCUT2D eigenvalue weighted by atomic mass is 19.4. The van der Waals surface area contributed by atoms with Crippen LogP contribution < -0.4 is 5.56 Å². The summed E-state index contributed by atoms with van der Waals surface area (Å²) < 4.78 is 37.5. The number of halogens is 3. The lowest BCUT2D eigenvalue weighted by atomic mass is 10.3. The number of aryl methyl sites for hydroxylation is 1. The summed E-state index contributed by atoms with van der Waals surface area (Å²) in [6, 6.07) is 3.30. The first kappa shape index (κ1) is 12.2. The minimum absolute atomic E-state index is 0.0102. The Bertz CT molecular complexity index is 458. The van der Waals surface area contributed by atoms with Crippen LogP contribution >= 0.6 is 0 Å². The molecule has 0 saturated heterocycles. The van der Waals surface area contributed by atoms with Crippen LogP contribution in [0.3, 0.4) is 0 Å². The first-order chi connectivity index (χ1) is 7.45. The van der Waals surface area contributed by atoms with Gasteiger partial charge in [0.25, 0.3) is 5.56 Å². The molecule has 0 aliphatic carbocycles. The zero-order valence-corrected chi connectivity index (χ0v) is 8.16. The van der Waals surface area contributed by atoms with Gasteiger partial charge in [-0.15, -0.1) is 0 Å². The van der Waals surface area contributed by atoms with E-state index >= 15 is 0 Å². The summed E-state index contributed by atoms with van der Waals surface area (Å²) in [5, 5.41) is 11.4. The molecule has 0 aliphatic heterocycles. The largest absolute Gasteiger partial charge is 0.435 e. The van der Waals surface area contributed by atoms with Crippen LogP contribution in [0.2, 0.25) is 0 Å². The van der Waals surface area contributed by atoms with Gasteiger partial charge in [0.2, 0.25) is 0 Å². The third kappa shape index (κ3) is 3.08. The van der Waals surface area contributed by atoms with Crippen LogP contribution in [0.15, 0.2) is 16.9 Å². The maximum atomic E-state index is 12.3. The standard InChI is InChI=1S/C9H8F3N3O/c10-9(11,12)7-3-4-8(16)15(14-7)6-2-1-5-13/h3-4H,1-2,6H2. The molecule has 7 heteroatoms. The Balaban J connectivity index is 2.92. The van der Waals surface area contributed by atoms with E-state index in [-0.39, 0.29) is 13.0 Å². The highest BCUT2D eigenvalue weighted by Crippen LogP contribution is 2.26. The maximum Gasteiger partial charge on any atom is 0.435 e. The topological polar surface area (TPSA) is 58.7 Å². The average Bonchev–Trinajstić information content (AvgIpc) is 2.19. The zero-order valence-electron chi connectivity index (χ0n) is 8.16. The number of rotatable bonds is 3. The number of nitrogens with zero attached hydrogens (tertiary/aromatic N) is 3. The van der Waals surface area contributed by atoms with E-state index in [4.69, 9.17) is 5.26 Å². The number of aromatic nitrogens is 2.